The van der Waals surface area contributed by atoms with Crippen molar-refractivity contribution in [3.05, 3.63) is 42.1 Å². The van der Waals surface area contributed by atoms with Gasteiger partial charge in [-0.2, -0.15) is 15.5 Å². The quantitative estimate of drug-likeness (QED) is 0.323. The highest BCUT2D eigenvalue weighted by atomic mass is 19.1. The van der Waals surface area contributed by atoms with Crippen LogP contribution in [0.5, 0.6) is 0 Å². The number of hydrogen-bond acceptors (Lipinski definition) is 8. The molecule has 3 aliphatic carbocycles. The molecule has 0 bridgehead atoms. The van der Waals surface area contributed by atoms with E-state index < -0.39 is 18.4 Å². The van der Waals surface area contributed by atoms with Crippen LogP contribution in [0.25, 0.3) is 16.9 Å². The maximum atomic E-state index is 14.7. The lowest BCUT2D eigenvalue weighted by molar-refractivity contribution is 0.0583. The Kier molecular flexibility index (Phi) is 5.33. The average Bonchev–Trinajstić information content (AvgIpc) is 3.58. The lowest BCUT2D eigenvalue weighted by Gasteiger charge is -2.17. The van der Waals surface area contributed by atoms with Crippen LogP contribution in [0.15, 0.2) is 30.7 Å². The van der Waals surface area contributed by atoms with Gasteiger partial charge < -0.3 is 15.4 Å². The van der Waals surface area contributed by atoms with Gasteiger partial charge in [-0.1, -0.05) is 0 Å². The van der Waals surface area contributed by atoms with Crippen LogP contribution in [0.2, 0.25) is 0 Å². The number of rotatable bonds is 7. The zero-order valence-electron chi connectivity index (χ0n) is 21.3. The van der Waals surface area contributed by atoms with Crippen molar-refractivity contribution in [1.82, 2.24) is 39.7 Å². The molecule has 0 aliphatic heterocycles. The fourth-order valence-electron chi connectivity index (χ4n) is 5.22. The lowest BCUT2D eigenvalue weighted by atomic mass is 10.0. The summed E-state index contributed by atoms with van der Waals surface area (Å²) in [7, 11) is 0. The molecule has 1 amide bonds. The number of imidazole rings is 1. The van der Waals surface area contributed by atoms with Gasteiger partial charge in [0.2, 0.25) is 5.95 Å². The molecule has 0 unspecified atom stereocenters. The summed E-state index contributed by atoms with van der Waals surface area (Å²) in [5, 5.41) is 27.3. The second-order valence-corrected chi connectivity index (χ2v) is 11.0. The highest BCUT2D eigenvalue weighted by Gasteiger charge is 2.42. The molecule has 0 aromatic carbocycles. The Morgan fingerprint density at radius 1 is 1.33 bits per heavy atom. The van der Waals surface area contributed by atoms with Crippen molar-refractivity contribution in [3.63, 3.8) is 0 Å². The Morgan fingerprint density at radius 3 is 2.95 bits per heavy atom. The summed E-state index contributed by atoms with van der Waals surface area (Å²) in [4.78, 5) is 21.3. The van der Waals surface area contributed by atoms with Gasteiger partial charge in [-0.15, -0.1) is 0 Å². The number of hydrogen-bond donors (Lipinski definition) is 3. The topological polar surface area (TPSA) is 151 Å². The monoisotopic (exact) mass is 530 g/mol. The van der Waals surface area contributed by atoms with E-state index >= 15 is 0 Å². The second kappa shape index (κ2) is 8.79. The van der Waals surface area contributed by atoms with E-state index in [0.717, 1.165) is 42.6 Å². The molecule has 13 heteroatoms. The summed E-state index contributed by atoms with van der Waals surface area (Å²) in [5.41, 5.74) is 3.04. The van der Waals surface area contributed by atoms with Crippen LogP contribution in [0.3, 0.4) is 0 Å². The number of carbonyl (C=O) groups excluding carboxylic acids is 1. The second-order valence-electron chi connectivity index (χ2n) is 11.0. The first-order valence-electron chi connectivity index (χ1n) is 13.2. The summed E-state index contributed by atoms with van der Waals surface area (Å²) < 4.78 is 23.8. The summed E-state index contributed by atoms with van der Waals surface area (Å²) in [6, 6.07) is 6.21. The highest BCUT2D eigenvalue weighted by molar-refractivity contribution is 5.77. The molecule has 39 heavy (non-hydrogen) atoms. The molecule has 3 atom stereocenters. The van der Waals surface area contributed by atoms with Crippen molar-refractivity contribution in [1.29, 1.82) is 5.26 Å². The number of halogens is 1. The Morgan fingerprint density at radius 2 is 2.18 bits per heavy atom. The van der Waals surface area contributed by atoms with E-state index in [9.17, 15) is 14.4 Å². The SMILES string of the molecule is CC1(NC(=O)O[C@H]2C[C@@H](c3cc(Nc4ncc(-c5ccnn5C5CC5)c5nc(C#N)cn45)n[nH]3)C[C@H]2F)CC1. The van der Waals surface area contributed by atoms with Gasteiger partial charge in [0.15, 0.2) is 17.2 Å². The predicted octanol–water partition coefficient (Wildman–Crippen LogP) is 4.13. The van der Waals surface area contributed by atoms with E-state index in [4.69, 9.17) is 4.74 Å². The highest BCUT2D eigenvalue weighted by Crippen LogP contribution is 2.40. The Bertz CT molecular complexity index is 1610. The third-order valence-electron chi connectivity index (χ3n) is 7.81. The van der Waals surface area contributed by atoms with E-state index in [1.807, 2.05) is 17.7 Å². The maximum absolute atomic E-state index is 14.7. The number of aromatic nitrogens is 7. The predicted molar refractivity (Wildman–Crippen MR) is 137 cm³/mol. The number of nitrogens with one attached hydrogen (secondary N) is 3. The number of nitriles is 1. The number of ether oxygens (including phenoxy) is 1. The normalized spacial score (nSPS) is 23.5. The molecule has 4 heterocycles. The minimum atomic E-state index is -1.25. The van der Waals surface area contributed by atoms with Crippen LogP contribution >= 0.6 is 0 Å². The molecule has 3 N–H and O–H groups in total. The fourth-order valence-corrected chi connectivity index (χ4v) is 5.22. The van der Waals surface area contributed by atoms with Gasteiger partial charge >= 0.3 is 6.09 Å². The van der Waals surface area contributed by atoms with E-state index in [-0.39, 0.29) is 23.6 Å². The van der Waals surface area contributed by atoms with Gasteiger partial charge in [-0.05, 0) is 51.5 Å². The van der Waals surface area contributed by atoms with Crippen LogP contribution in [0.1, 0.15) is 68.8 Å². The third-order valence-corrected chi connectivity index (χ3v) is 7.81. The largest absolute Gasteiger partial charge is 0.443 e. The summed E-state index contributed by atoms with van der Waals surface area (Å²) in [6.07, 6.45) is 7.07. The Balaban J connectivity index is 1.09. The minimum absolute atomic E-state index is 0.172. The van der Waals surface area contributed by atoms with Crippen molar-refractivity contribution in [2.75, 3.05) is 5.32 Å². The van der Waals surface area contributed by atoms with Crippen molar-refractivity contribution in [2.45, 2.75) is 75.2 Å². The number of carbonyl (C=O) groups is 1. The number of fused-ring (bicyclic) bond motifs is 1. The molecule has 12 nitrogen and oxygen atoms in total. The molecule has 0 radical (unpaired) electrons. The average molecular weight is 531 g/mol. The zero-order valence-corrected chi connectivity index (χ0v) is 21.3. The molecule has 3 saturated carbocycles. The van der Waals surface area contributed by atoms with Crippen LogP contribution in [-0.4, -0.2) is 58.3 Å². The number of alkyl halides is 1. The number of nitrogens with zero attached hydrogens (tertiary/aromatic N) is 7. The number of amides is 1. The van der Waals surface area contributed by atoms with Crippen LogP contribution < -0.4 is 10.6 Å². The molecule has 0 saturated heterocycles. The molecule has 200 valence electrons. The molecular formula is C26H27FN10O2. The Hall–Kier alpha value is -4.47. The first-order chi connectivity index (χ1) is 18.9. The first kappa shape index (κ1) is 23.6. The smallest absolute Gasteiger partial charge is 0.407 e. The van der Waals surface area contributed by atoms with Gasteiger partial charge in [0.05, 0.1) is 23.5 Å². The fraction of sp³-hybridized carbons (Fsp3) is 0.462. The standard InChI is InChI=1S/C26H27FN10O2/c1-26(5-6-26)33-25(38)39-21-9-14(8-18(21)27)19-10-22(35-34-19)32-24-29-12-17(23-31-15(11-28)13-36(23)24)20-4-7-30-37(20)16-2-3-16/h4,7,10,12-14,16,18,21H,2-3,5-6,8-9H2,1H3,(H,33,38)(H2,29,32,34,35)/t14-,18+,21-/m0/s1. The lowest BCUT2D eigenvalue weighted by Crippen LogP contribution is -2.38. The van der Waals surface area contributed by atoms with E-state index in [1.54, 1.807) is 29.1 Å². The van der Waals surface area contributed by atoms with Crippen LogP contribution in [0, 0.1) is 11.3 Å². The van der Waals surface area contributed by atoms with Crippen molar-refractivity contribution < 1.29 is 13.9 Å². The number of H-pyrrole nitrogens is 1. The number of alkyl carbamates (subject to hydrolysis) is 1. The van der Waals surface area contributed by atoms with Crippen LogP contribution in [-0.2, 0) is 4.74 Å². The zero-order chi connectivity index (χ0) is 26.7. The molecule has 3 aliphatic rings. The van der Waals surface area contributed by atoms with Gasteiger partial charge in [0.1, 0.15) is 18.3 Å². The van der Waals surface area contributed by atoms with E-state index in [1.165, 1.54) is 0 Å². The third kappa shape index (κ3) is 4.45. The van der Waals surface area contributed by atoms with Gasteiger partial charge in [0.25, 0.3) is 0 Å². The van der Waals surface area contributed by atoms with Crippen LogP contribution in [0.4, 0.5) is 21.0 Å². The van der Waals surface area contributed by atoms with Crippen molar-refractivity contribution >= 4 is 23.5 Å². The molecular weight excluding hydrogens is 503 g/mol. The van der Waals surface area contributed by atoms with Gasteiger partial charge in [-0.25, -0.2) is 19.2 Å². The summed E-state index contributed by atoms with van der Waals surface area (Å²) in [6.45, 7) is 1.95. The minimum Gasteiger partial charge on any atom is -0.443 e. The van der Waals surface area contributed by atoms with E-state index in [0.29, 0.717) is 29.9 Å². The number of anilines is 2. The molecule has 3 fully saturated rings. The molecule has 0 spiro atoms. The summed E-state index contributed by atoms with van der Waals surface area (Å²) in [5.74, 6) is 0.745. The first-order valence-corrected chi connectivity index (χ1v) is 13.2. The van der Waals surface area contributed by atoms with E-state index in [2.05, 4.69) is 42.0 Å². The summed E-state index contributed by atoms with van der Waals surface area (Å²) >= 11 is 0. The van der Waals surface area contributed by atoms with Crippen molar-refractivity contribution in [3.8, 4) is 17.3 Å². The Labute approximate surface area is 222 Å². The molecule has 4 aromatic heterocycles. The maximum Gasteiger partial charge on any atom is 0.407 e. The molecule has 7 rings (SSSR count). The van der Waals surface area contributed by atoms with Gasteiger partial charge in [0, 0.05) is 35.6 Å². The van der Waals surface area contributed by atoms with Crippen molar-refractivity contribution in [2.24, 2.45) is 0 Å². The van der Waals surface area contributed by atoms with Gasteiger partial charge in [-0.3, -0.25) is 14.2 Å². The number of aromatic amines is 1. The molecule has 4 aromatic rings.